The summed E-state index contributed by atoms with van der Waals surface area (Å²) in [4.78, 5) is 10.6. The normalized spacial score (nSPS) is 11.1. The Bertz CT molecular complexity index is 501. The van der Waals surface area contributed by atoms with E-state index >= 15 is 0 Å². The molecule has 1 aromatic carbocycles. The fourth-order valence-electron chi connectivity index (χ4n) is 0.927. The highest BCUT2D eigenvalue weighted by atomic mass is 79.9. The first-order valence-electron chi connectivity index (χ1n) is 3.81. The first kappa shape index (κ1) is 12.5. The fourth-order valence-corrected chi connectivity index (χ4v) is 2.96. The number of amides is 1. The number of sulfonamides is 1. The number of carbonyl (C=O) groups is 1. The average molecular weight is 313 g/mol. The molecule has 1 amide bonds. The summed E-state index contributed by atoms with van der Waals surface area (Å²) in [6.45, 7) is 1.11. The molecular weight excluding hydrogens is 306 g/mol. The minimum absolute atomic E-state index is 0.0620. The zero-order valence-corrected chi connectivity index (χ0v) is 10.8. The van der Waals surface area contributed by atoms with E-state index in [-0.39, 0.29) is 9.92 Å². The lowest BCUT2D eigenvalue weighted by Crippen LogP contribution is -2.28. The van der Waals surface area contributed by atoms with E-state index in [1.807, 2.05) is 4.72 Å². The Labute approximate surface area is 101 Å². The second-order valence-electron chi connectivity index (χ2n) is 2.74. The van der Waals surface area contributed by atoms with Crippen LogP contribution in [0.2, 0.25) is 5.02 Å². The number of benzene rings is 1. The molecule has 7 heteroatoms. The molecule has 0 radical (unpaired) electrons. The molecule has 0 fully saturated rings. The van der Waals surface area contributed by atoms with Gasteiger partial charge in [-0.3, -0.25) is 4.79 Å². The zero-order valence-electron chi connectivity index (χ0n) is 7.62. The molecule has 0 bridgehead atoms. The third kappa shape index (κ3) is 3.19. The van der Waals surface area contributed by atoms with Crippen molar-refractivity contribution in [3.05, 3.63) is 27.7 Å². The van der Waals surface area contributed by atoms with Crippen LogP contribution in [0.1, 0.15) is 6.92 Å². The summed E-state index contributed by atoms with van der Waals surface area (Å²) in [5.74, 6) is -0.661. The number of halogens is 2. The highest BCUT2D eigenvalue weighted by Crippen LogP contribution is 2.24. The van der Waals surface area contributed by atoms with Crippen molar-refractivity contribution in [3.63, 3.8) is 0 Å². The topological polar surface area (TPSA) is 63.2 Å². The van der Waals surface area contributed by atoms with Crippen LogP contribution in [0.25, 0.3) is 0 Å². The molecule has 0 saturated heterocycles. The largest absolute Gasteiger partial charge is 0.274 e. The molecule has 4 nitrogen and oxygen atoms in total. The smallest absolute Gasteiger partial charge is 0.265 e. The SMILES string of the molecule is CC(=O)NS(=O)(=O)c1cc(Br)ccc1Cl. The Morgan fingerprint density at radius 2 is 2.07 bits per heavy atom. The molecule has 1 aromatic rings. The van der Waals surface area contributed by atoms with Gasteiger partial charge in [0.2, 0.25) is 5.91 Å². The lowest BCUT2D eigenvalue weighted by Gasteiger charge is -2.06. The predicted molar refractivity (Wildman–Crippen MR) is 60.2 cm³/mol. The standard InChI is InChI=1S/C8H7BrClNO3S/c1-5(12)11-15(13,14)8-4-6(9)2-3-7(8)10/h2-4H,1H3,(H,11,12). The summed E-state index contributed by atoms with van der Waals surface area (Å²) in [5, 5.41) is 0.0620. The molecule has 1 N–H and O–H groups in total. The Morgan fingerprint density at radius 1 is 1.47 bits per heavy atom. The molecule has 0 aliphatic carbocycles. The summed E-state index contributed by atoms with van der Waals surface area (Å²) < 4.78 is 25.6. The van der Waals surface area contributed by atoms with Crippen LogP contribution in [0.15, 0.2) is 27.6 Å². The maximum Gasteiger partial charge on any atom is 0.265 e. The third-order valence-electron chi connectivity index (χ3n) is 1.46. The zero-order chi connectivity index (χ0) is 11.6. The van der Waals surface area contributed by atoms with Crippen molar-refractivity contribution in [2.24, 2.45) is 0 Å². The van der Waals surface area contributed by atoms with Gasteiger partial charge in [-0.2, -0.15) is 0 Å². The molecular formula is C8H7BrClNO3S. The average Bonchev–Trinajstić information content (AvgIpc) is 2.06. The molecule has 0 heterocycles. The summed E-state index contributed by atoms with van der Waals surface area (Å²) >= 11 is 8.83. The molecule has 15 heavy (non-hydrogen) atoms. The van der Waals surface area contributed by atoms with Gasteiger partial charge in [-0.1, -0.05) is 27.5 Å². The van der Waals surface area contributed by atoms with Gasteiger partial charge in [-0.05, 0) is 18.2 Å². The van der Waals surface area contributed by atoms with Gasteiger partial charge in [-0.25, -0.2) is 13.1 Å². The van der Waals surface area contributed by atoms with Gasteiger partial charge in [0, 0.05) is 11.4 Å². The van der Waals surface area contributed by atoms with Crippen molar-refractivity contribution in [3.8, 4) is 0 Å². The summed E-state index contributed by atoms with van der Waals surface area (Å²) in [5.41, 5.74) is 0. The third-order valence-corrected chi connectivity index (χ3v) is 3.87. The van der Waals surface area contributed by atoms with Crippen LogP contribution in [0.3, 0.4) is 0 Å². The lowest BCUT2D eigenvalue weighted by molar-refractivity contribution is -0.117. The van der Waals surface area contributed by atoms with E-state index < -0.39 is 15.9 Å². The van der Waals surface area contributed by atoms with Gasteiger partial charge in [0.15, 0.2) is 0 Å². The summed E-state index contributed by atoms with van der Waals surface area (Å²) in [6, 6.07) is 4.36. The quantitative estimate of drug-likeness (QED) is 0.907. The number of hydrogen-bond acceptors (Lipinski definition) is 3. The van der Waals surface area contributed by atoms with E-state index in [4.69, 9.17) is 11.6 Å². The van der Waals surface area contributed by atoms with Crippen LogP contribution >= 0.6 is 27.5 Å². The van der Waals surface area contributed by atoms with Crippen molar-refractivity contribution in [2.75, 3.05) is 0 Å². The number of carbonyl (C=O) groups excluding carboxylic acids is 1. The van der Waals surface area contributed by atoms with Crippen LogP contribution < -0.4 is 4.72 Å². The summed E-state index contributed by atoms with van der Waals surface area (Å²) in [6.07, 6.45) is 0. The van der Waals surface area contributed by atoms with E-state index in [1.165, 1.54) is 12.1 Å². The number of nitrogens with one attached hydrogen (secondary N) is 1. The predicted octanol–water partition coefficient (Wildman–Crippen LogP) is 1.93. The van der Waals surface area contributed by atoms with Crippen LogP contribution in [0.5, 0.6) is 0 Å². The van der Waals surface area contributed by atoms with E-state index in [0.717, 1.165) is 6.92 Å². The monoisotopic (exact) mass is 311 g/mol. The first-order valence-corrected chi connectivity index (χ1v) is 6.47. The molecule has 1 rings (SSSR count). The van der Waals surface area contributed by atoms with Gasteiger partial charge >= 0.3 is 0 Å². The molecule has 0 aromatic heterocycles. The van der Waals surface area contributed by atoms with E-state index in [1.54, 1.807) is 6.07 Å². The molecule has 0 spiro atoms. The van der Waals surface area contributed by atoms with Gasteiger partial charge in [0.25, 0.3) is 10.0 Å². The number of rotatable bonds is 2. The van der Waals surface area contributed by atoms with Crippen molar-refractivity contribution < 1.29 is 13.2 Å². The first-order chi connectivity index (χ1) is 6.83. The van der Waals surface area contributed by atoms with Crippen LogP contribution in [0, 0.1) is 0 Å². The second-order valence-corrected chi connectivity index (χ2v) is 5.71. The molecule has 0 saturated carbocycles. The van der Waals surface area contributed by atoms with E-state index in [9.17, 15) is 13.2 Å². The minimum Gasteiger partial charge on any atom is -0.274 e. The van der Waals surface area contributed by atoms with Crippen molar-refractivity contribution >= 4 is 43.5 Å². The van der Waals surface area contributed by atoms with Crippen LogP contribution in [0.4, 0.5) is 0 Å². The summed E-state index contributed by atoms with van der Waals surface area (Å²) in [7, 11) is -3.87. The second kappa shape index (κ2) is 4.51. The highest BCUT2D eigenvalue weighted by molar-refractivity contribution is 9.10. The fraction of sp³-hybridized carbons (Fsp3) is 0.125. The van der Waals surface area contributed by atoms with Gasteiger partial charge in [0.05, 0.1) is 5.02 Å². The maximum absolute atomic E-state index is 11.6. The molecule has 0 aliphatic rings. The molecule has 82 valence electrons. The molecule has 0 atom stereocenters. The highest BCUT2D eigenvalue weighted by Gasteiger charge is 2.19. The number of hydrogen-bond donors (Lipinski definition) is 1. The Kier molecular flexibility index (Phi) is 3.75. The Morgan fingerprint density at radius 3 is 2.60 bits per heavy atom. The van der Waals surface area contributed by atoms with E-state index in [0.29, 0.717) is 4.47 Å². The minimum atomic E-state index is -3.87. The Balaban J connectivity index is 3.26. The van der Waals surface area contributed by atoms with Crippen molar-refractivity contribution in [2.45, 2.75) is 11.8 Å². The molecule has 0 aliphatic heterocycles. The van der Waals surface area contributed by atoms with Crippen molar-refractivity contribution in [1.29, 1.82) is 0 Å². The van der Waals surface area contributed by atoms with Crippen LogP contribution in [-0.4, -0.2) is 14.3 Å². The van der Waals surface area contributed by atoms with Crippen molar-refractivity contribution in [1.82, 2.24) is 4.72 Å². The Hall–Kier alpha value is -0.590. The van der Waals surface area contributed by atoms with E-state index in [2.05, 4.69) is 15.9 Å². The maximum atomic E-state index is 11.6. The lowest BCUT2D eigenvalue weighted by atomic mass is 10.4. The molecule has 0 unspecified atom stereocenters. The van der Waals surface area contributed by atoms with Gasteiger partial charge in [0.1, 0.15) is 4.90 Å². The van der Waals surface area contributed by atoms with Gasteiger partial charge < -0.3 is 0 Å². The van der Waals surface area contributed by atoms with Gasteiger partial charge in [-0.15, -0.1) is 0 Å². The van der Waals surface area contributed by atoms with Crippen LogP contribution in [-0.2, 0) is 14.8 Å².